The van der Waals surface area contributed by atoms with Gasteiger partial charge in [-0.1, -0.05) is 0 Å². The summed E-state index contributed by atoms with van der Waals surface area (Å²) in [7, 11) is 4.58. The Balaban J connectivity index is 1.86. The summed E-state index contributed by atoms with van der Waals surface area (Å²) in [6.07, 6.45) is 0.315. The normalized spacial score (nSPS) is 21.0. The summed E-state index contributed by atoms with van der Waals surface area (Å²) in [4.78, 5) is 25.9. The maximum Gasteiger partial charge on any atom is 0.310 e. The maximum absolute atomic E-state index is 13.5. The highest BCUT2D eigenvalue weighted by atomic mass is 16.7. The van der Waals surface area contributed by atoms with Crippen molar-refractivity contribution in [3.63, 3.8) is 0 Å². The molecule has 0 spiro atoms. The molecule has 0 bridgehead atoms. The van der Waals surface area contributed by atoms with Crippen molar-refractivity contribution < 1.29 is 38.0 Å². The lowest BCUT2D eigenvalue weighted by Gasteiger charge is -2.26. The van der Waals surface area contributed by atoms with Gasteiger partial charge >= 0.3 is 5.97 Å². The zero-order valence-corrected chi connectivity index (χ0v) is 16.8. The van der Waals surface area contributed by atoms with Crippen LogP contribution >= 0.6 is 0 Å². The first-order chi connectivity index (χ1) is 14.6. The number of fused-ring (bicyclic) bond motifs is 5. The van der Waals surface area contributed by atoms with Crippen LogP contribution in [0.25, 0.3) is 11.1 Å². The number of cyclic esters (lactones) is 1. The van der Waals surface area contributed by atoms with Crippen LogP contribution in [0.5, 0.6) is 28.7 Å². The highest BCUT2D eigenvalue weighted by Crippen LogP contribution is 2.52. The minimum atomic E-state index is -0.586. The van der Waals surface area contributed by atoms with Gasteiger partial charge in [-0.05, 0) is 30.2 Å². The number of carbonyl (C=O) groups is 2. The maximum atomic E-state index is 13.5. The Hall–Kier alpha value is -3.42. The van der Waals surface area contributed by atoms with E-state index in [1.165, 1.54) is 21.3 Å². The second-order valence-electron chi connectivity index (χ2n) is 7.34. The summed E-state index contributed by atoms with van der Waals surface area (Å²) in [6, 6.07) is 5.27. The zero-order chi connectivity index (χ0) is 21.0. The number of rotatable bonds is 3. The van der Waals surface area contributed by atoms with Crippen molar-refractivity contribution in [3.8, 4) is 39.9 Å². The third-order valence-corrected chi connectivity index (χ3v) is 5.93. The molecule has 2 aliphatic heterocycles. The Morgan fingerprint density at radius 1 is 0.833 bits per heavy atom. The summed E-state index contributed by atoms with van der Waals surface area (Å²) in [5.41, 5.74) is 2.52. The van der Waals surface area contributed by atoms with Crippen LogP contribution in [0.2, 0.25) is 0 Å². The van der Waals surface area contributed by atoms with Crippen LogP contribution in [-0.4, -0.2) is 46.5 Å². The number of ketones is 1. The number of esters is 1. The van der Waals surface area contributed by atoms with Crippen molar-refractivity contribution >= 4 is 11.8 Å². The zero-order valence-electron chi connectivity index (χ0n) is 16.8. The predicted molar refractivity (Wildman–Crippen MR) is 104 cm³/mol. The number of carbonyl (C=O) groups excluding carboxylic acids is 2. The number of ether oxygens (including phenoxy) is 6. The van der Waals surface area contributed by atoms with Gasteiger partial charge in [0.15, 0.2) is 28.8 Å². The molecule has 2 heterocycles. The van der Waals surface area contributed by atoms with Crippen molar-refractivity contribution in [3.05, 3.63) is 29.3 Å². The van der Waals surface area contributed by atoms with Crippen LogP contribution in [0, 0.1) is 11.8 Å². The minimum absolute atomic E-state index is 0.0654. The fourth-order valence-electron chi connectivity index (χ4n) is 4.50. The van der Waals surface area contributed by atoms with E-state index < -0.39 is 11.8 Å². The molecule has 156 valence electrons. The van der Waals surface area contributed by atoms with Crippen molar-refractivity contribution in [1.29, 1.82) is 0 Å². The highest BCUT2D eigenvalue weighted by Gasteiger charge is 2.45. The van der Waals surface area contributed by atoms with Crippen molar-refractivity contribution in [2.45, 2.75) is 6.42 Å². The van der Waals surface area contributed by atoms with E-state index in [0.717, 1.165) is 5.56 Å². The van der Waals surface area contributed by atoms with Gasteiger partial charge in [-0.3, -0.25) is 9.59 Å². The summed E-state index contributed by atoms with van der Waals surface area (Å²) in [6.45, 7) is 0.145. The van der Waals surface area contributed by atoms with Crippen LogP contribution in [0.3, 0.4) is 0 Å². The molecule has 8 nitrogen and oxygen atoms in total. The SMILES string of the molecule is COc1cc2c(c(OC)c1OC)-c1cc3c(cc1C(=O)[C@H]1COC(=O)[C@@H]1C2)OCO3. The molecule has 30 heavy (non-hydrogen) atoms. The van der Waals surface area contributed by atoms with E-state index in [9.17, 15) is 9.59 Å². The summed E-state index contributed by atoms with van der Waals surface area (Å²) < 4.78 is 33.1. The van der Waals surface area contributed by atoms with E-state index in [2.05, 4.69) is 0 Å². The van der Waals surface area contributed by atoms with Crippen LogP contribution in [0.15, 0.2) is 18.2 Å². The largest absolute Gasteiger partial charge is 0.493 e. The van der Waals surface area contributed by atoms with E-state index in [-0.39, 0.29) is 25.2 Å². The smallest absolute Gasteiger partial charge is 0.310 e. The van der Waals surface area contributed by atoms with Crippen molar-refractivity contribution in [1.82, 2.24) is 0 Å². The Bertz CT molecular complexity index is 1070. The minimum Gasteiger partial charge on any atom is -0.493 e. The summed E-state index contributed by atoms with van der Waals surface area (Å²) in [5.74, 6) is 0.641. The predicted octanol–water partition coefficient (Wildman–Crippen LogP) is 2.64. The molecule has 0 aromatic heterocycles. The number of hydrogen-bond donors (Lipinski definition) is 0. The van der Waals surface area contributed by atoms with Gasteiger partial charge in [0.1, 0.15) is 6.61 Å². The van der Waals surface area contributed by atoms with E-state index in [1.54, 1.807) is 12.1 Å². The molecule has 0 N–H and O–H groups in total. The average molecular weight is 412 g/mol. The number of hydrogen-bond acceptors (Lipinski definition) is 8. The fraction of sp³-hybridized carbons (Fsp3) is 0.364. The lowest BCUT2D eigenvalue weighted by atomic mass is 9.77. The van der Waals surface area contributed by atoms with Crippen molar-refractivity contribution in [2.75, 3.05) is 34.7 Å². The van der Waals surface area contributed by atoms with E-state index in [1.807, 2.05) is 6.07 Å². The molecular formula is C22H20O8. The number of benzene rings is 2. The molecule has 5 rings (SSSR count). The molecule has 1 saturated heterocycles. The Morgan fingerprint density at radius 2 is 1.53 bits per heavy atom. The Morgan fingerprint density at radius 3 is 2.20 bits per heavy atom. The molecule has 0 amide bonds. The Kier molecular flexibility index (Phi) is 4.23. The van der Waals surface area contributed by atoms with E-state index in [4.69, 9.17) is 28.4 Å². The van der Waals surface area contributed by atoms with Crippen molar-refractivity contribution in [2.24, 2.45) is 11.8 Å². The molecule has 8 heteroatoms. The first-order valence-electron chi connectivity index (χ1n) is 9.54. The molecule has 2 aromatic rings. The fourth-order valence-corrected chi connectivity index (χ4v) is 4.50. The number of methoxy groups -OCH3 is 3. The van der Waals surface area contributed by atoms with Gasteiger partial charge in [0.25, 0.3) is 0 Å². The standard InChI is InChI=1S/C22H20O8/c1-25-17-5-10-4-13-14(8-28-22(13)24)19(23)12-7-16-15(29-9-30-16)6-11(12)18(10)21(27-3)20(17)26-2/h5-7,13-14H,4,8-9H2,1-3H3/t13-,14+/m1/s1. The van der Waals surface area contributed by atoms with E-state index >= 15 is 0 Å². The molecule has 1 aliphatic carbocycles. The van der Waals surface area contributed by atoms with Gasteiger partial charge < -0.3 is 28.4 Å². The molecular weight excluding hydrogens is 392 g/mol. The number of Topliss-reactive ketones (excluding diaryl/α,β-unsaturated/α-hetero) is 1. The molecule has 0 saturated carbocycles. The van der Waals surface area contributed by atoms with E-state index in [0.29, 0.717) is 51.9 Å². The third kappa shape index (κ3) is 2.52. The average Bonchev–Trinajstić information content (AvgIpc) is 3.36. The lowest BCUT2D eigenvalue weighted by molar-refractivity contribution is -0.141. The summed E-state index contributed by atoms with van der Waals surface area (Å²) in [5, 5.41) is 0. The van der Waals surface area contributed by atoms with Gasteiger partial charge in [-0.25, -0.2) is 0 Å². The molecule has 2 atom stereocenters. The van der Waals surface area contributed by atoms with Gasteiger partial charge in [0.2, 0.25) is 12.5 Å². The van der Waals surface area contributed by atoms with Crippen LogP contribution in [-0.2, 0) is 16.0 Å². The second-order valence-corrected chi connectivity index (χ2v) is 7.34. The topological polar surface area (TPSA) is 89.5 Å². The van der Waals surface area contributed by atoms with Gasteiger partial charge in [0, 0.05) is 16.7 Å². The monoisotopic (exact) mass is 412 g/mol. The van der Waals surface area contributed by atoms with Gasteiger partial charge in [0.05, 0.1) is 33.2 Å². The Labute approximate surface area is 172 Å². The van der Waals surface area contributed by atoms with Gasteiger partial charge in [-0.2, -0.15) is 0 Å². The molecule has 1 fully saturated rings. The quantitative estimate of drug-likeness (QED) is 0.711. The second kappa shape index (κ2) is 6.83. The molecule has 0 unspecified atom stereocenters. The summed E-state index contributed by atoms with van der Waals surface area (Å²) >= 11 is 0. The third-order valence-electron chi connectivity index (χ3n) is 5.93. The highest BCUT2D eigenvalue weighted by molar-refractivity contribution is 6.08. The van der Waals surface area contributed by atoms with Gasteiger partial charge in [-0.15, -0.1) is 0 Å². The lowest BCUT2D eigenvalue weighted by Crippen LogP contribution is -2.28. The molecule has 3 aliphatic rings. The first kappa shape index (κ1) is 18.6. The first-order valence-corrected chi connectivity index (χ1v) is 9.54. The molecule has 2 aromatic carbocycles. The van der Waals surface area contributed by atoms with Crippen LogP contribution in [0.4, 0.5) is 0 Å². The molecule has 0 radical (unpaired) electrons. The van der Waals surface area contributed by atoms with Crippen LogP contribution < -0.4 is 23.7 Å². The van der Waals surface area contributed by atoms with Crippen LogP contribution in [0.1, 0.15) is 15.9 Å².